The highest BCUT2D eigenvalue weighted by molar-refractivity contribution is 6.51. The minimum Gasteiger partial charge on any atom is -0.284 e. The number of pyridine rings is 1. The molecule has 0 spiro atoms. The quantitative estimate of drug-likeness (QED) is 0.305. The molecule has 0 amide bonds. The number of halogens is 1. The first kappa shape index (κ1) is 9.36. The van der Waals surface area contributed by atoms with Crippen LogP contribution in [0, 0.1) is 11.3 Å². The summed E-state index contributed by atoms with van der Waals surface area (Å²) in [6.07, 6.45) is 1.38. The van der Waals surface area contributed by atoms with Crippen molar-refractivity contribution in [3.63, 3.8) is 0 Å². The molecule has 0 bridgehead atoms. The third-order valence-electron chi connectivity index (χ3n) is 1.31. The van der Waals surface area contributed by atoms with Crippen LogP contribution in [0.2, 0.25) is 5.15 Å². The van der Waals surface area contributed by atoms with Crippen LogP contribution in [0.3, 0.4) is 0 Å². The average Bonchev–Trinajstić information content (AvgIpc) is 2.16. The molecule has 0 saturated carbocycles. The number of rotatable bonds is 2. The molecule has 5 heteroatoms. The van der Waals surface area contributed by atoms with Crippen molar-refractivity contribution in [2.75, 3.05) is 0 Å². The van der Waals surface area contributed by atoms with Crippen molar-refractivity contribution in [1.29, 1.82) is 5.26 Å². The van der Waals surface area contributed by atoms with Gasteiger partial charge in [-0.3, -0.25) is 9.59 Å². The van der Waals surface area contributed by atoms with Crippen LogP contribution in [0.15, 0.2) is 18.3 Å². The van der Waals surface area contributed by atoms with Crippen LogP contribution >= 0.6 is 11.6 Å². The Hall–Kier alpha value is -1.73. The van der Waals surface area contributed by atoms with Crippen molar-refractivity contribution < 1.29 is 9.59 Å². The molecule has 0 aliphatic heterocycles. The number of carbonyl (C=O) groups excluding carboxylic acids is 2. The van der Waals surface area contributed by atoms with Gasteiger partial charge in [-0.15, -0.1) is 0 Å². The van der Waals surface area contributed by atoms with Crippen LogP contribution in [0.1, 0.15) is 10.4 Å². The Morgan fingerprint density at radius 2 is 2.23 bits per heavy atom. The molecule has 13 heavy (non-hydrogen) atoms. The highest BCUT2D eigenvalue weighted by Gasteiger charge is 2.18. The lowest BCUT2D eigenvalue weighted by Gasteiger charge is -1.95. The summed E-state index contributed by atoms with van der Waals surface area (Å²) in [5, 5.41) is 8.10. The average molecular weight is 195 g/mol. The van der Waals surface area contributed by atoms with Crippen molar-refractivity contribution in [2.24, 2.45) is 0 Å². The summed E-state index contributed by atoms with van der Waals surface area (Å²) in [5.41, 5.74) is -0.0456. The van der Waals surface area contributed by atoms with E-state index in [9.17, 15) is 9.59 Å². The molecule has 0 atom stereocenters. The summed E-state index contributed by atoms with van der Waals surface area (Å²) in [6.45, 7) is 0. The largest absolute Gasteiger partial charge is 0.302 e. The normalized spacial score (nSPS) is 8.92. The van der Waals surface area contributed by atoms with E-state index in [0.717, 1.165) is 0 Å². The number of hydrogen-bond acceptors (Lipinski definition) is 4. The first-order valence-electron chi connectivity index (χ1n) is 3.26. The van der Waals surface area contributed by atoms with Gasteiger partial charge < -0.3 is 0 Å². The summed E-state index contributed by atoms with van der Waals surface area (Å²) in [5.74, 6) is -2.07. The minimum absolute atomic E-state index is 0.0456. The van der Waals surface area contributed by atoms with Crippen LogP contribution in [0.25, 0.3) is 0 Å². The monoisotopic (exact) mass is 194 g/mol. The van der Waals surface area contributed by atoms with Crippen molar-refractivity contribution in [1.82, 2.24) is 4.98 Å². The SMILES string of the molecule is N#CC(=O)C(=O)c1cccnc1Cl. The Morgan fingerprint density at radius 3 is 2.77 bits per heavy atom. The Bertz CT molecular complexity index is 409. The Balaban J connectivity index is 3.11. The smallest absolute Gasteiger partial charge is 0.284 e. The van der Waals surface area contributed by atoms with E-state index >= 15 is 0 Å². The van der Waals surface area contributed by atoms with E-state index in [4.69, 9.17) is 16.9 Å². The van der Waals surface area contributed by atoms with Gasteiger partial charge in [0.05, 0.1) is 5.56 Å². The number of ketones is 2. The van der Waals surface area contributed by atoms with E-state index < -0.39 is 11.6 Å². The maximum absolute atomic E-state index is 11.1. The molecule has 0 radical (unpaired) electrons. The molecule has 0 unspecified atom stereocenters. The van der Waals surface area contributed by atoms with Gasteiger partial charge in [0, 0.05) is 6.20 Å². The van der Waals surface area contributed by atoms with Gasteiger partial charge >= 0.3 is 5.78 Å². The van der Waals surface area contributed by atoms with Crippen molar-refractivity contribution in [2.45, 2.75) is 0 Å². The van der Waals surface area contributed by atoms with Gasteiger partial charge in [0.2, 0.25) is 5.78 Å². The van der Waals surface area contributed by atoms with Crippen molar-refractivity contribution in [3.8, 4) is 6.07 Å². The zero-order valence-corrected chi connectivity index (χ0v) is 7.08. The highest BCUT2D eigenvalue weighted by atomic mass is 35.5. The molecule has 0 aliphatic rings. The molecule has 1 rings (SSSR count). The molecule has 0 aliphatic carbocycles. The summed E-state index contributed by atoms with van der Waals surface area (Å²) in [6, 6.07) is 4.02. The third-order valence-corrected chi connectivity index (χ3v) is 1.61. The molecule has 64 valence electrons. The second kappa shape index (κ2) is 3.78. The van der Waals surface area contributed by atoms with Gasteiger partial charge in [-0.1, -0.05) is 11.6 Å². The second-order valence-electron chi connectivity index (χ2n) is 2.11. The zero-order chi connectivity index (χ0) is 9.84. The Morgan fingerprint density at radius 1 is 1.54 bits per heavy atom. The summed E-state index contributed by atoms with van der Waals surface area (Å²) < 4.78 is 0. The standard InChI is InChI=1S/C8H3ClN2O2/c9-8-5(2-1-3-11-8)7(13)6(12)4-10/h1-3H. The Labute approximate surface area is 78.8 Å². The van der Waals surface area contributed by atoms with Gasteiger partial charge in [0.1, 0.15) is 11.2 Å². The fourth-order valence-electron chi connectivity index (χ4n) is 0.728. The lowest BCUT2D eigenvalue weighted by molar-refractivity contribution is -0.110. The third kappa shape index (κ3) is 1.89. The topological polar surface area (TPSA) is 70.8 Å². The van der Waals surface area contributed by atoms with E-state index in [1.165, 1.54) is 24.4 Å². The molecule has 0 fully saturated rings. The van der Waals surface area contributed by atoms with Crippen LogP contribution in [-0.4, -0.2) is 16.6 Å². The van der Waals surface area contributed by atoms with E-state index in [1.54, 1.807) is 0 Å². The predicted octanol–water partition coefficient (Wildman–Crippen LogP) is 1.01. The Kier molecular flexibility index (Phi) is 2.72. The van der Waals surface area contributed by atoms with E-state index in [0.29, 0.717) is 0 Å². The fourth-order valence-corrected chi connectivity index (χ4v) is 0.934. The molecule has 1 aromatic heterocycles. The van der Waals surface area contributed by atoms with Gasteiger partial charge in [0.25, 0.3) is 0 Å². The molecule has 0 aromatic carbocycles. The van der Waals surface area contributed by atoms with E-state index in [-0.39, 0.29) is 10.7 Å². The second-order valence-corrected chi connectivity index (χ2v) is 2.47. The minimum atomic E-state index is -1.14. The van der Waals surface area contributed by atoms with Crippen LogP contribution in [-0.2, 0) is 4.79 Å². The fraction of sp³-hybridized carbons (Fsp3) is 0. The highest BCUT2D eigenvalue weighted by Crippen LogP contribution is 2.12. The number of nitriles is 1. The molecule has 4 nitrogen and oxygen atoms in total. The van der Waals surface area contributed by atoms with Crippen molar-refractivity contribution >= 4 is 23.2 Å². The van der Waals surface area contributed by atoms with E-state index in [1.807, 2.05) is 0 Å². The zero-order valence-electron chi connectivity index (χ0n) is 6.32. The number of nitrogens with zero attached hydrogens (tertiary/aromatic N) is 2. The van der Waals surface area contributed by atoms with Gasteiger partial charge in [-0.25, -0.2) is 4.98 Å². The molecular weight excluding hydrogens is 192 g/mol. The maximum Gasteiger partial charge on any atom is 0.302 e. The molecule has 1 heterocycles. The maximum atomic E-state index is 11.1. The van der Waals surface area contributed by atoms with Crippen LogP contribution < -0.4 is 0 Å². The summed E-state index contributed by atoms with van der Waals surface area (Å²) >= 11 is 5.53. The lowest BCUT2D eigenvalue weighted by atomic mass is 10.1. The van der Waals surface area contributed by atoms with Gasteiger partial charge in [-0.05, 0) is 12.1 Å². The summed E-state index contributed by atoms with van der Waals surface area (Å²) in [7, 11) is 0. The number of carbonyl (C=O) groups is 2. The van der Waals surface area contributed by atoms with Gasteiger partial charge in [-0.2, -0.15) is 5.26 Å². The molecule has 0 N–H and O–H groups in total. The summed E-state index contributed by atoms with van der Waals surface area (Å²) in [4.78, 5) is 25.4. The first-order valence-corrected chi connectivity index (χ1v) is 3.64. The number of aromatic nitrogens is 1. The number of Topliss-reactive ketones (excluding diaryl/α,β-unsaturated/α-hetero) is 2. The predicted molar refractivity (Wildman–Crippen MR) is 44.2 cm³/mol. The molecular formula is C8H3ClN2O2. The lowest BCUT2D eigenvalue weighted by Crippen LogP contribution is -2.12. The molecule has 1 aromatic rings. The van der Waals surface area contributed by atoms with Crippen LogP contribution in [0.5, 0.6) is 0 Å². The molecule has 0 saturated heterocycles. The van der Waals surface area contributed by atoms with Crippen LogP contribution in [0.4, 0.5) is 0 Å². The van der Waals surface area contributed by atoms with Crippen molar-refractivity contribution in [3.05, 3.63) is 29.0 Å². The number of hydrogen-bond donors (Lipinski definition) is 0. The van der Waals surface area contributed by atoms with E-state index in [2.05, 4.69) is 4.98 Å². The first-order chi connectivity index (χ1) is 6.16. The van der Waals surface area contributed by atoms with Gasteiger partial charge in [0.15, 0.2) is 0 Å².